The number of hydrogen-bond donors (Lipinski definition) is 1. The van der Waals surface area contributed by atoms with Crippen molar-refractivity contribution in [3.63, 3.8) is 0 Å². The van der Waals surface area contributed by atoms with Crippen LogP contribution in [0.15, 0.2) is 67.1 Å². The number of halogens is 6. The molecule has 0 saturated heterocycles. The third-order valence-corrected chi connectivity index (χ3v) is 4.50. The fourth-order valence-corrected chi connectivity index (χ4v) is 3.05. The minimum atomic E-state index is -4.57. The van der Waals surface area contributed by atoms with Crippen molar-refractivity contribution in [3.8, 4) is 11.3 Å². The third kappa shape index (κ3) is 4.63. The Hall–Kier alpha value is -3.69. The number of alkyl halides is 6. The molecular weight excluding hydrogens is 434 g/mol. The normalized spacial score (nSPS) is 11.8. The molecule has 166 valence electrons. The summed E-state index contributed by atoms with van der Waals surface area (Å²) in [7, 11) is 0. The van der Waals surface area contributed by atoms with Crippen molar-refractivity contribution in [2.45, 2.75) is 19.8 Å². The van der Waals surface area contributed by atoms with Gasteiger partial charge in [-0.3, -0.25) is 4.98 Å². The number of hydrogen-bond acceptors (Lipinski definition) is 4. The Morgan fingerprint density at radius 1 is 0.750 bits per heavy atom. The topological polar surface area (TPSA) is 50.7 Å². The van der Waals surface area contributed by atoms with Gasteiger partial charge >= 0.3 is 12.4 Å². The lowest BCUT2D eigenvalue weighted by Gasteiger charge is -2.13. The zero-order chi connectivity index (χ0) is 22.2. The number of nitrogens with one attached hydrogen (secondary N) is 1. The Bertz CT molecular complexity index is 1230. The first-order valence-electron chi connectivity index (χ1n) is 8.84. The maximum atomic E-state index is 13.3. The van der Waals surface area contributed by atoms with Gasteiger partial charge in [-0.2, -0.15) is 26.3 Å². The average Bonchev–Trinajstić information content (AvgIpc) is 2.73. The van der Waals surface area contributed by atoms with E-state index in [0.29, 0.717) is 22.4 Å². The number of aromatic nitrogens is 3. The van der Waals surface area contributed by atoms with Crippen LogP contribution < -0.4 is 5.32 Å². The summed E-state index contributed by atoms with van der Waals surface area (Å²) in [6.45, 7) is 0. The van der Waals surface area contributed by atoms with E-state index in [1.807, 2.05) is 0 Å². The van der Waals surface area contributed by atoms with Crippen molar-refractivity contribution < 1.29 is 26.3 Å². The smallest absolute Gasteiger partial charge is 0.340 e. The van der Waals surface area contributed by atoms with Crippen molar-refractivity contribution in [2.24, 2.45) is 0 Å². The predicted octanol–water partition coefficient (Wildman–Crippen LogP) is 7.11. The largest absolute Gasteiger partial charge is 0.418 e. The molecule has 32 heavy (non-hydrogen) atoms. The molecule has 4 rings (SSSR count). The fourth-order valence-electron chi connectivity index (χ4n) is 3.05. The van der Waals surface area contributed by atoms with E-state index in [9.17, 15) is 26.3 Å². The molecule has 1 N–H and O–H groups in total. The van der Waals surface area contributed by atoms with E-state index >= 15 is 0 Å². The lowest BCUT2D eigenvalue weighted by molar-refractivity contribution is -0.138. The van der Waals surface area contributed by atoms with Crippen LogP contribution in [0, 0.1) is 0 Å². The second kappa shape index (κ2) is 8.45. The van der Waals surface area contributed by atoms with Crippen LogP contribution in [-0.2, 0) is 12.4 Å². The summed E-state index contributed by atoms with van der Waals surface area (Å²) >= 11 is 0. The first kappa shape index (κ1) is 23.0. The number of fused-ring (bicyclic) bond motifs is 1. The summed E-state index contributed by atoms with van der Waals surface area (Å²) in [4.78, 5) is 12.1. The SMILES string of the molecule is C.FC(F)(F)c1ccc(Nc2ncnc3cc(-c4ncccc4C(F)(F)F)ccc23)cc1. The van der Waals surface area contributed by atoms with Gasteiger partial charge in [0.25, 0.3) is 0 Å². The van der Waals surface area contributed by atoms with E-state index < -0.39 is 23.5 Å². The minimum Gasteiger partial charge on any atom is -0.340 e. The summed E-state index contributed by atoms with van der Waals surface area (Å²) in [5.74, 6) is 0.299. The van der Waals surface area contributed by atoms with Gasteiger partial charge in [-0.1, -0.05) is 13.5 Å². The summed E-state index contributed by atoms with van der Waals surface area (Å²) in [6, 6.07) is 11.0. The highest BCUT2D eigenvalue weighted by atomic mass is 19.4. The molecule has 2 aromatic carbocycles. The van der Waals surface area contributed by atoms with Crippen molar-refractivity contribution >= 4 is 22.4 Å². The number of anilines is 2. The molecule has 0 aliphatic rings. The van der Waals surface area contributed by atoms with Gasteiger partial charge < -0.3 is 5.32 Å². The highest BCUT2D eigenvalue weighted by Crippen LogP contribution is 2.37. The van der Waals surface area contributed by atoms with E-state index in [2.05, 4.69) is 20.3 Å². The van der Waals surface area contributed by atoms with Gasteiger partial charge in [-0.25, -0.2) is 9.97 Å². The third-order valence-electron chi connectivity index (χ3n) is 4.50. The molecule has 4 aromatic rings. The van der Waals surface area contributed by atoms with Gasteiger partial charge in [0.1, 0.15) is 12.1 Å². The molecule has 0 fully saturated rings. The summed E-state index contributed by atoms with van der Waals surface area (Å²) in [5.41, 5.74) is -0.952. The van der Waals surface area contributed by atoms with Crippen molar-refractivity contribution in [2.75, 3.05) is 5.32 Å². The molecule has 0 bridgehead atoms. The van der Waals surface area contributed by atoms with Crippen LogP contribution >= 0.6 is 0 Å². The van der Waals surface area contributed by atoms with E-state index in [1.54, 1.807) is 0 Å². The predicted molar refractivity (Wildman–Crippen MR) is 109 cm³/mol. The van der Waals surface area contributed by atoms with Crippen LogP contribution in [0.3, 0.4) is 0 Å². The molecule has 0 atom stereocenters. The highest BCUT2D eigenvalue weighted by molar-refractivity contribution is 5.93. The van der Waals surface area contributed by atoms with Gasteiger partial charge in [0.05, 0.1) is 22.3 Å². The van der Waals surface area contributed by atoms with E-state index in [0.717, 1.165) is 18.2 Å². The standard InChI is InChI=1S/C21H12F6N4.CH4/c22-20(23,24)13-4-6-14(7-5-13)31-19-15-8-3-12(10-17(15)29-11-30-19)18-16(21(25,26)27)2-1-9-28-18;/h1-11H,(H,29,30,31);1H4. The van der Waals surface area contributed by atoms with Gasteiger partial charge in [-0.05, 0) is 48.5 Å². The van der Waals surface area contributed by atoms with Crippen molar-refractivity contribution in [1.82, 2.24) is 15.0 Å². The average molecular weight is 450 g/mol. The van der Waals surface area contributed by atoms with Crippen LogP contribution in [-0.4, -0.2) is 15.0 Å². The molecule has 4 nitrogen and oxygen atoms in total. The Kier molecular flexibility index (Phi) is 6.07. The summed E-state index contributed by atoms with van der Waals surface area (Å²) in [6.07, 6.45) is -6.54. The summed E-state index contributed by atoms with van der Waals surface area (Å²) < 4.78 is 78.1. The lowest BCUT2D eigenvalue weighted by Crippen LogP contribution is -2.08. The lowest BCUT2D eigenvalue weighted by atomic mass is 10.0. The quantitative estimate of drug-likeness (QED) is 0.338. The van der Waals surface area contributed by atoms with Crippen LogP contribution in [0.2, 0.25) is 0 Å². The maximum Gasteiger partial charge on any atom is 0.418 e. The Morgan fingerprint density at radius 3 is 2.12 bits per heavy atom. The van der Waals surface area contributed by atoms with Gasteiger partial charge in [0.15, 0.2) is 0 Å². The number of pyridine rings is 1. The molecule has 0 spiro atoms. The number of benzene rings is 2. The monoisotopic (exact) mass is 450 g/mol. The number of rotatable bonds is 3. The molecule has 10 heteroatoms. The van der Waals surface area contributed by atoms with Crippen molar-refractivity contribution in [1.29, 1.82) is 0 Å². The zero-order valence-electron chi connectivity index (χ0n) is 15.5. The van der Waals surface area contributed by atoms with E-state index in [-0.39, 0.29) is 18.7 Å². The maximum absolute atomic E-state index is 13.3. The number of nitrogens with zero attached hydrogens (tertiary/aromatic N) is 3. The van der Waals surface area contributed by atoms with Crippen LogP contribution in [0.1, 0.15) is 18.6 Å². The summed E-state index contributed by atoms with van der Waals surface area (Å²) in [5, 5.41) is 3.39. The molecule has 2 heterocycles. The second-order valence-electron chi connectivity index (χ2n) is 6.55. The zero-order valence-corrected chi connectivity index (χ0v) is 15.5. The minimum absolute atomic E-state index is 0. The molecule has 0 unspecified atom stereocenters. The first-order chi connectivity index (χ1) is 14.6. The highest BCUT2D eigenvalue weighted by Gasteiger charge is 2.34. The Morgan fingerprint density at radius 2 is 1.47 bits per heavy atom. The molecular formula is C22H16F6N4. The molecule has 0 aliphatic heterocycles. The molecule has 2 aromatic heterocycles. The fraction of sp³-hybridized carbons (Fsp3) is 0.136. The van der Waals surface area contributed by atoms with Crippen LogP contribution in [0.4, 0.5) is 37.8 Å². The van der Waals surface area contributed by atoms with Crippen LogP contribution in [0.25, 0.3) is 22.2 Å². The van der Waals surface area contributed by atoms with Gasteiger partial charge in [-0.15, -0.1) is 0 Å². The van der Waals surface area contributed by atoms with Crippen molar-refractivity contribution in [3.05, 3.63) is 78.2 Å². The molecule has 0 amide bonds. The Balaban J connectivity index is 0.00000289. The van der Waals surface area contributed by atoms with Gasteiger partial charge in [0, 0.05) is 22.8 Å². The van der Waals surface area contributed by atoms with Crippen LogP contribution in [0.5, 0.6) is 0 Å². The molecule has 0 aliphatic carbocycles. The van der Waals surface area contributed by atoms with Gasteiger partial charge in [0.2, 0.25) is 0 Å². The second-order valence-corrected chi connectivity index (χ2v) is 6.55. The van der Waals surface area contributed by atoms with E-state index in [1.165, 1.54) is 48.9 Å². The Labute approximate surface area is 179 Å². The molecule has 0 saturated carbocycles. The molecule has 0 radical (unpaired) electrons. The van der Waals surface area contributed by atoms with E-state index in [4.69, 9.17) is 0 Å². The first-order valence-corrected chi connectivity index (χ1v) is 8.84.